The maximum Gasteiger partial charge on any atom is 0.245 e. The van der Waals surface area contributed by atoms with E-state index in [0.717, 1.165) is 4.88 Å². The average molecular weight is 351 g/mol. The molecule has 4 nitrogen and oxygen atoms in total. The Morgan fingerprint density at radius 2 is 2.28 bits per heavy atom. The van der Waals surface area contributed by atoms with Crippen LogP contribution in [0.1, 0.15) is 18.2 Å². The zero-order chi connectivity index (χ0) is 13.8. The molecule has 18 heavy (non-hydrogen) atoms. The van der Waals surface area contributed by atoms with E-state index in [9.17, 15) is 8.42 Å². The zero-order valence-corrected chi connectivity index (χ0v) is 13.2. The number of hydrogen-bond acceptors (Lipinski definition) is 4. The molecule has 1 aromatic heterocycles. The van der Waals surface area contributed by atoms with Crippen LogP contribution in [0, 0.1) is 12.3 Å². The summed E-state index contributed by atoms with van der Waals surface area (Å²) in [6.45, 7) is 2.72. The fraction of sp³-hybridized carbons (Fsp3) is 0.455. The predicted molar refractivity (Wildman–Crippen MR) is 77.8 cm³/mol. The van der Waals surface area contributed by atoms with Gasteiger partial charge in [-0.05, 0) is 28.4 Å². The molecule has 0 aliphatic rings. The number of hydrogen-bond donors (Lipinski definition) is 1. The summed E-state index contributed by atoms with van der Waals surface area (Å²) in [5, 5.41) is 0. The molecule has 1 aromatic rings. The molecule has 0 amide bonds. The highest BCUT2D eigenvalue weighted by Gasteiger charge is 2.27. The van der Waals surface area contributed by atoms with Crippen LogP contribution < -0.4 is 5.73 Å². The Kier molecular flexibility index (Phi) is 5.82. The van der Waals surface area contributed by atoms with Gasteiger partial charge in [0.2, 0.25) is 10.0 Å². The lowest BCUT2D eigenvalue weighted by atomic mass is 10.5. The van der Waals surface area contributed by atoms with Crippen molar-refractivity contribution in [1.82, 2.24) is 4.31 Å². The largest absolute Gasteiger partial charge is 0.326 e. The van der Waals surface area contributed by atoms with Crippen molar-refractivity contribution >= 4 is 37.3 Å². The van der Waals surface area contributed by atoms with Crippen LogP contribution in [0.25, 0.3) is 0 Å². The van der Waals surface area contributed by atoms with Crippen molar-refractivity contribution in [3.63, 3.8) is 0 Å². The van der Waals surface area contributed by atoms with Crippen LogP contribution in [0.5, 0.6) is 0 Å². The Morgan fingerprint density at radius 3 is 2.72 bits per heavy atom. The average Bonchev–Trinajstić information content (AvgIpc) is 2.71. The van der Waals surface area contributed by atoms with Gasteiger partial charge in [-0.3, -0.25) is 0 Å². The van der Waals surface area contributed by atoms with Crippen molar-refractivity contribution in [3.8, 4) is 12.3 Å². The van der Waals surface area contributed by atoms with E-state index >= 15 is 0 Å². The molecule has 2 N–H and O–H groups in total. The third-order valence-corrected chi connectivity index (χ3v) is 6.39. The van der Waals surface area contributed by atoms with Gasteiger partial charge in [-0.1, -0.05) is 12.8 Å². The smallest absolute Gasteiger partial charge is 0.245 e. The van der Waals surface area contributed by atoms with Crippen molar-refractivity contribution < 1.29 is 8.42 Å². The molecule has 1 heterocycles. The van der Waals surface area contributed by atoms with E-state index in [2.05, 4.69) is 21.9 Å². The van der Waals surface area contributed by atoms with Gasteiger partial charge in [0.25, 0.3) is 0 Å². The number of terminal acetylenes is 1. The molecule has 0 aliphatic carbocycles. The lowest BCUT2D eigenvalue weighted by Crippen LogP contribution is -2.32. The highest BCUT2D eigenvalue weighted by Crippen LogP contribution is 2.33. The Balaban J connectivity index is 3.17. The highest BCUT2D eigenvalue weighted by molar-refractivity contribution is 9.11. The lowest BCUT2D eigenvalue weighted by molar-refractivity contribution is 0.445. The van der Waals surface area contributed by atoms with E-state index in [0.29, 0.717) is 23.3 Å². The predicted octanol–water partition coefficient (Wildman–Crippen LogP) is 2.00. The van der Waals surface area contributed by atoms with Crippen molar-refractivity contribution in [2.75, 3.05) is 13.1 Å². The van der Waals surface area contributed by atoms with Gasteiger partial charge in [0, 0.05) is 18.0 Å². The van der Waals surface area contributed by atoms with Gasteiger partial charge in [0.1, 0.15) is 4.90 Å². The molecule has 0 bridgehead atoms. The first-order chi connectivity index (χ1) is 8.47. The first-order valence-corrected chi connectivity index (χ1v) is 8.44. The summed E-state index contributed by atoms with van der Waals surface area (Å²) in [6, 6.07) is 1.60. The molecule has 0 saturated heterocycles. The van der Waals surface area contributed by atoms with Gasteiger partial charge < -0.3 is 5.73 Å². The molecule has 0 spiro atoms. The highest BCUT2D eigenvalue weighted by atomic mass is 79.9. The van der Waals surface area contributed by atoms with Crippen molar-refractivity contribution in [2.24, 2.45) is 5.73 Å². The van der Waals surface area contributed by atoms with Gasteiger partial charge in [-0.15, -0.1) is 17.8 Å². The van der Waals surface area contributed by atoms with Crippen LogP contribution in [0.2, 0.25) is 0 Å². The third-order valence-electron chi connectivity index (χ3n) is 2.27. The maximum atomic E-state index is 12.4. The standard InChI is InChI=1S/C11H15BrN2O2S2/c1-3-5-14(6-4-2)18(15,16)10-7-9(8-13)17-11(10)12/h1,7H,4-6,8,13H2,2H3. The molecule has 0 unspecified atom stereocenters. The molecule has 100 valence electrons. The van der Waals surface area contributed by atoms with Gasteiger partial charge in [0.05, 0.1) is 10.3 Å². The SMILES string of the molecule is C#CCN(CCC)S(=O)(=O)c1cc(CN)sc1Br. The quantitative estimate of drug-likeness (QED) is 0.798. The summed E-state index contributed by atoms with van der Waals surface area (Å²) >= 11 is 4.60. The normalized spacial score (nSPS) is 11.7. The summed E-state index contributed by atoms with van der Waals surface area (Å²) in [6.07, 6.45) is 5.93. The minimum Gasteiger partial charge on any atom is -0.326 e. The molecule has 7 heteroatoms. The van der Waals surface area contributed by atoms with E-state index < -0.39 is 10.0 Å². The van der Waals surface area contributed by atoms with Crippen LogP contribution >= 0.6 is 27.3 Å². The Labute approximate surface area is 120 Å². The summed E-state index contributed by atoms with van der Waals surface area (Å²) in [4.78, 5) is 1.06. The van der Waals surface area contributed by atoms with E-state index in [4.69, 9.17) is 12.2 Å². The van der Waals surface area contributed by atoms with Crippen molar-refractivity contribution in [2.45, 2.75) is 24.8 Å². The van der Waals surface area contributed by atoms with Gasteiger partial charge in [-0.2, -0.15) is 4.31 Å². The van der Waals surface area contributed by atoms with Gasteiger partial charge >= 0.3 is 0 Å². The van der Waals surface area contributed by atoms with E-state index in [1.165, 1.54) is 15.6 Å². The van der Waals surface area contributed by atoms with Gasteiger partial charge in [0.15, 0.2) is 0 Å². The fourth-order valence-electron chi connectivity index (χ4n) is 1.45. The second kappa shape index (κ2) is 6.68. The van der Waals surface area contributed by atoms with Crippen LogP contribution in [0.4, 0.5) is 0 Å². The number of thiophene rings is 1. The van der Waals surface area contributed by atoms with Crippen molar-refractivity contribution in [3.05, 3.63) is 14.7 Å². The maximum absolute atomic E-state index is 12.4. The molecule has 0 aliphatic heterocycles. The van der Waals surface area contributed by atoms with Crippen molar-refractivity contribution in [1.29, 1.82) is 0 Å². The summed E-state index contributed by atoms with van der Waals surface area (Å²) in [7, 11) is -3.55. The lowest BCUT2D eigenvalue weighted by Gasteiger charge is -2.18. The topological polar surface area (TPSA) is 63.4 Å². The molecule has 0 atom stereocenters. The first-order valence-electron chi connectivity index (χ1n) is 5.39. The molecule has 0 fully saturated rings. The second-order valence-electron chi connectivity index (χ2n) is 3.60. The Bertz CT molecular complexity index is 546. The molecular weight excluding hydrogens is 336 g/mol. The minimum atomic E-state index is -3.55. The van der Waals surface area contributed by atoms with Gasteiger partial charge in [-0.25, -0.2) is 8.42 Å². The zero-order valence-electron chi connectivity index (χ0n) is 10.0. The van der Waals surface area contributed by atoms with Crippen LogP contribution in [-0.4, -0.2) is 25.8 Å². The molecule has 0 aromatic carbocycles. The summed E-state index contributed by atoms with van der Waals surface area (Å²) < 4.78 is 26.7. The first kappa shape index (κ1) is 15.7. The summed E-state index contributed by atoms with van der Waals surface area (Å²) in [5.74, 6) is 2.38. The number of halogens is 1. The number of sulfonamides is 1. The molecular formula is C11H15BrN2O2S2. The van der Waals surface area contributed by atoms with Crippen LogP contribution in [0.3, 0.4) is 0 Å². The van der Waals surface area contributed by atoms with Crippen LogP contribution in [0.15, 0.2) is 14.7 Å². The molecule has 0 saturated carbocycles. The van der Waals surface area contributed by atoms with Crippen LogP contribution in [-0.2, 0) is 16.6 Å². The van der Waals surface area contributed by atoms with E-state index in [-0.39, 0.29) is 11.4 Å². The molecule has 0 radical (unpaired) electrons. The Hall–Kier alpha value is -0.390. The minimum absolute atomic E-state index is 0.0798. The summed E-state index contributed by atoms with van der Waals surface area (Å²) in [5.41, 5.74) is 5.52. The van der Waals surface area contributed by atoms with E-state index in [1.54, 1.807) is 6.07 Å². The van der Waals surface area contributed by atoms with E-state index in [1.807, 2.05) is 6.92 Å². The number of nitrogens with two attached hydrogens (primary N) is 1. The monoisotopic (exact) mass is 350 g/mol. The third kappa shape index (κ3) is 3.33. The molecule has 1 rings (SSSR count). The number of nitrogens with zero attached hydrogens (tertiary/aromatic N) is 1. The second-order valence-corrected chi connectivity index (χ2v) is 7.96. The number of rotatable bonds is 6. The Morgan fingerprint density at radius 1 is 1.61 bits per heavy atom. The fourth-order valence-corrected chi connectivity index (χ4v) is 5.41.